The Bertz CT molecular complexity index is 343. The third kappa shape index (κ3) is 5.01. The van der Waals surface area contributed by atoms with Crippen LogP contribution in [-0.2, 0) is 0 Å². The summed E-state index contributed by atoms with van der Waals surface area (Å²) in [5.41, 5.74) is 1.36. The predicted octanol–water partition coefficient (Wildman–Crippen LogP) is 3.47. The van der Waals surface area contributed by atoms with Crippen molar-refractivity contribution in [2.24, 2.45) is 5.92 Å². The molecule has 2 nitrogen and oxygen atoms in total. The van der Waals surface area contributed by atoms with E-state index in [0.29, 0.717) is 12.0 Å². The minimum Gasteiger partial charge on any atom is -0.396 e. The smallest absolute Gasteiger partial charge is 0.0464 e. The van der Waals surface area contributed by atoms with Gasteiger partial charge >= 0.3 is 0 Å². The van der Waals surface area contributed by atoms with Crippen LogP contribution < -0.4 is 5.32 Å². The van der Waals surface area contributed by atoms with E-state index in [1.807, 2.05) is 11.8 Å². The van der Waals surface area contributed by atoms with E-state index in [1.165, 1.54) is 10.5 Å². The second-order valence-electron chi connectivity index (χ2n) is 4.81. The van der Waals surface area contributed by atoms with Crippen LogP contribution in [0.4, 0.5) is 0 Å². The second-order valence-corrected chi connectivity index (χ2v) is 5.87. The first-order valence-electron chi connectivity index (χ1n) is 6.75. The van der Waals surface area contributed by atoms with Gasteiger partial charge in [-0.1, -0.05) is 32.0 Å². The van der Waals surface area contributed by atoms with Gasteiger partial charge in [-0.2, -0.15) is 0 Å². The van der Waals surface area contributed by atoms with Gasteiger partial charge < -0.3 is 10.4 Å². The second kappa shape index (κ2) is 8.57. The molecule has 2 atom stereocenters. The lowest BCUT2D eigenvalue weighted by Crippen LogP contribution is -2.19. The topological polar surface area (TPSA) is 32.3 Å². The Morgan fingerprint density at radius 1 is 1.28 bits per heavy atom. The summed E-state index contributed by atoms with van der Waals surface area (Å²) >= 11 is 1.84. The number of hydrogen-bond acceptors (Lipinski definition) is 3. The average molecular weight is 267 g/mol. The Morgan fingerprint density at radius 3 is 2.67 bits per heavy atom. The van der Waals surface area contributed by atoms with Gasteiger partial charge in [0.25, 0.3) is 0 Å². The van der Waals surface area contributed by atoms with Crippen molar-refractivity contribution in [3.05, 3.63) is 29.8 Å². The SMILES string of the molecule is CCCNC(C)c1ccccc1SCC(C)CO. The molecule has 0 aliphatic heterocycles. The van der Waals surface area contributed by atoms with Crippen LogP contribution in [0, 0.1) is 5.92 Å². The van der Waals surface area contributed by atoms with Gasteiger partial charge in [0, 0.05) is 23.3 Å². The zero-order valence-electron chi connectivity index (χ0n) is 11.6. The van der Waals surface area contributed by atoms with Gasteiger partial charge in [-0.15, -0.1) is 11.8 Å². The fourth-order valence-corrected chi connectivity index (χ4v) is 2.88. The molecule has 0 fully saturated rings. The summed E-state index contributed by atoms with van der Waals surface area (Å²) < 4.78 is 0. The molecule has 0 saturated heterocycles. The van der Waals surface area contributed by atoms with Gasteiger partial charge in [0.15, 0.2) is 0 Å². The van der Waals surface area contributed by atoms with E-state index in [0.717, 1.165) is 18.7 Å². The van der Waals surface area contributed by atoms with Crippen molar-refractivity contribution in [1.29, 1.82) is 0 Å². The highest BCUT2D eigenvalue weighted by atomic mass is 32.2. The summed E-state index contributed by atoms with van der Waals surface area (Å²) in [7, 11) is 0. The third-order valence-corrected chi connectivity index (χ3v) is 4.34. The van der Waals surface area contributed by atoms with E-state index in [2.05, 4.69) is 50.4 Å². The van der Waals surface area contributed by atoms with E-state index < -0.39 is 0 Å². The van der Waals surface area contributed by atoms with Crippen molar-refractivity contribution in [2.45, 2.75) is 38.1 Å². The molecule has 1 aromatic rings. The molecule has 0 radical (unpaired) electrons. The van der Waals surface area contributed by atoms with Crippen molar-refractivity contribution in [3.63, 3.8) is 0 Å². The van der Waals surface area contributed by atoms with Crippen LogP contribution in [0.5, 0.6) is 0 Å². The van der Waals surface area contributed by atoms with E-state index in [9.17, 15) is 0 Å². The normalized spacial score (nSPS) is 14.4. The van der Waals surface area contributed by atoms with Crippen molar-refractivity contribution < 1.29 is 5.11 Å². The fourth-order valence-electron chi connectivity index (χ4n) is 1.73. The predicted molar refractivity (Wildman–Crippen MR) is 80.1 cm³/mol. The lowest BCUT2D eigenvalue weighted by Gasteiger charge is -2.18. The summed E-state index contributed by atoms with van der Waals surface area (Å²) in [6.45, 7) is 7.79. The number of benzene rings is 1. The molecule has 0 aliphatic carbocycles. The van der Waals surface area contributed by atoms with Gasteiger partial charge in [-0.25, -0.2) is 0 Å². The number of aliphatic hydroxyl groups is 1. The van der Waals surface area contributed by atoms with E-state index in [-0.39, 0.29) is 6.61 Å². The molecule has 0 amide bonds. The minimum absolute atomic E-state index is 0.263. The maximum absolute atomic E-state index is 9.08. The van der Waals surface area contributed by atoms with E-state index >= 15 is 0 Å². The molecule has 1 aromatic carbocycles. The van der Waals surface area contributed by atoms with Gasteiger partial charge in [0.2, 0.25) is 0 Å². The standard InChI is InChI=1S/C15H25NOS/c1-4-9-16-13(3)14-7-5-6-8-15(14)18-11-12(2)10-17/h5-8,12-13,16-17H,4,9-11H2,1-3H3. The molecule has 1 rings (SSSR count). The van der Waals surface area contributed by atoms with Crippen molar-refractivity contribution in [2.75, 3.05) is 18.9 Å². The maximum atomic E-state index is 9.08. The molecule has 0 aliphatic rings. The van der Waals surface area contributed by atoms with Gasteiger partial charge in [0.1, 0.15) is 0 Å². The molecule has 102 valence electrons. The molecular weight excluding hydrogens is 242 g/mol. The van der Waals surface area contributed by atoms with Crippen LogP contribution in [0.15, 0.2) is 29.2 Å². The van der Waals surface area contributed by atoms with Crippen LogP contribution in [-0.4, -0.2) is 24.0 Å². The van der Waals surface area contributed by atoms with Crippen molar-refractivity contribution in [1.82, 2.24) is 5.32 Å². The molecule has 0 aromatic heterocycles. The van der Waals surface area contributed by atoms with Crippen LogP contribution in [0.25, 0.3) is 0 Å². The first-order valence-corrected chi connectivity index (χ1v) is 7.73. The van der Waals surface area contributed by atoms with Crippen LogP contribution in [0.3, 0.4) is 0 Å². The van der Waals surface area contributed by atoms with Crippen LogP contribution in [0.2, 0.25) is 0 Å². The Labute approximate surface area is 115 Å². The first-order chi connectivity index (χ1) is 8.69. The number of rotatable bonds is 8. The van der Waals surface area contributed by atoms with Crippen molar-refractivity contribution >= 4 is 11.8 Å². The van der Waals surface area contributed by atoms with Crippen LogP contribution >= 0.6 is 11.8 Å². The molecule has 0 saturated carbocycles. The molecule has 0 spiro atoms. The Morgan fingerprint density at radius 2 is 2.00 bits per heavy atom. The monoisotopic (exact) mass is 267 g/mol. The molecule has 0 heterocycles. The van der Waals surface area contributed by atoms with Gasteiger partial charge in [-0.3, -0.25) is 0 Å². The molecule has 2 unspecified atom stereocenters. The Kier molecular flexibility index (Phi) is 7.40. The molecule has 2 N–H and O–H groups in total. The number of hydrogen-bond donors (Lipinski definition) is 2. The number of thioether (sulfide) groups is 1. The largest absolute Gasteiger partial charge is 0.396 e. The van der Waals surface area contributed by atoms with E-state index in [1.54, 1.807) is 0 Å². The number of nitrogens with one attached hydrogen (secondary N) is 1. The Balaban J connectivity index is 2.66. The lowest BCUT2D eigenvalue weighted by atomic mass is 10.1. The summed E-state index contributed by atoms with van der Waals surface area (Å²) in [5, 5.41) is 12.6. The van der Waals surface area contributed by atoms with Crippen molar-refractivity contribution in [3.8, 4) is 0 Å². The van der Waals surface area contributed by atoms with Gasteiger partial charge in [0.05, 0.1) is 0 Å². The quantitative estimate of drug-likeness (QED) is 0.707. The zero-order valence-corrected chi connectivity index (χ0v) is 12.5. The lowest BCUT2D eigenvalue weighted by molar-refractivity contribution is 0.250. The summed E-state index contributed by atoms with van der Waals surface area (Å²) in [5.74, 6) is 1.32. The third-order valence-electron chi connectivity index (χ3n) is 2.92. The highest BCUT2D eigenvalue weighted by Crippen LogP contribution is 2.28. The molecular formula is C15H25NOS. The maximum Gasteiger partial charge on any atom is 0.0464 e. The first kappa shape index (κ1) is 15.5. The fraction of sp³-hybridized carbons (Fsp3) is 0.600. The summed E-state index contributed by atoms with van der Waals surface area (Å²) in [4.78, 5) is 1.33. The molecule has 0 bridgehead atoms. The summed E-state index contributed by atoms with van der Waals surface area (Å²) in [6, 6.07) is 8.94. The van der Waals surface area contributed by atoms with Crippen LogP contribution in [0.1, 0.15) is 38.8 Å². The van der Waals surface area contributed by atoms with E-state index in [4.69, 9.17) is 5.11 Å². The summed E-state index contributed by atoms with van der Waals surface area (Å²) in [6.07, 6.45) is 1.15. The zero-order chi connectivity index (χ0) is 13.4. The molecule has 3 heteroatoms. The minimum atomic E-state index is 0.263. The highest BCUT2D eigenvalue weighted by molar-refractivity contribution is 7.99. The van der Waals surface area contributed by atoms with Gasteiger partial charge in [-0.05, 0) is 37.4 Å². The Hall–Kier alpha value is -0.510. The average Bonchev–Trinajstić information content (AvgIpc) is 2.42. The molecule has 18 heavy (non-hydrogen) atoms. The highest BCUT2D eigenvalue weighted by Gasteiger charge is 2.10. The number of aliphatic hydroxyl groups excluding tert-OH is 1.